The Bertz CT molecular complexity index is 1380. The molecule has 3 aliphatic rings. The van der Waals surface area contributed by atoms with E-state index in [1.54, 1.807) is 33.2 Å². The lowest BCUT2D eigenvalue weighted by Crippen LogP contribution is -2.69. The van der Waals surface area contributed by atoms with E-state index in [0.717, 1.165) is 19.3 Å². The number of ketones is 3. The molecule has 0 spiro atoms. The Balaban J connectivity index is 2.04. The number of carbonyl (C=O) groups excluding carboxylic acids is 4. The maximum absolute atomic E-state index is 14.5. The molecule has 6 N–H and O–H groups in total. The van der Waals surface area contributed by atoms with Crippen molar-refractivity contribution in [2.45, 2.75) is 76.9 Å². The van der Waals surface area contributed by atoms with E-state index in [9.17, 15) is 39.6 Å². The summed E-state index contributed by atoms with van der Waals surface area (Å²) < 4.78 is 0. The quantitative estimate of drug-likeness (QED) is 0.204. The molecule has 228 valence electrons. The van der Waals surface area contributed by atoms with Crippen molar-refractivity contribution in [3.8, 4) is 5.75 Å². The third-order valence-electron chi connectivity index (χ3n) is 9.39. The van der Waals surface area contributed by atoms with E-state index in [1.807, 2.05) is 0 Å². The van der Waals surface area contributed by atoms with Gasteiger partial charge in [0.1, 0.15) is 28.6 Å². The fourth-order valence-corrected chi connectivity index (χ4v) is 7.53. The van der Waals surface area contributed by atoms with Gasteiger partial charge in [0, 0.05) is 30.3 Å². The van der Waals surface area contributed by atoms with Crippen molar-refractivity contribution in [2.75, 3.05) is 14.1 Å². The van der Waals surface area contributed by atoms with Gasteiger partial charge in [0.2, 0.25) is 5.78 Å². The molecule has 1 aromatic rings. The van der Waals surface area contributed by atoms with Crippen molar-refractivity contribution in [2.24, 2.45) is 29.4 Å². The first kappa shape index (κ1) is 31.4. The number of phenols is 1. The SMILES string of the molecule is CCC(=O)C[C@H]1[C@H]2C(=C(O)c3c(O)cccc3[C@@H]2CCCCC(C)C)C(=O)[C@]2(O)C(O)=C(C(N)=O)C(=O)C(N(C)C)[C@H]12. The molecule has 0 heterocycles. The van der Waals surface area contributed by atoms with Gasteiger partial charge in [-0.05, 0) is 49.9 Å². The van der Waals surface area contributed by atoms with Crippen LogP contribution in [0.3, 0.4) is 0 Å². The average molecular weight is 583 g/mol. The van der Waals surface area contributed by atoms with Crippen LogP contribution < -0.4 is 5.73 Å². The summed E-state index contributed by atoms with van der Waals surface area (Å²) in [5.41, 5.74) is 2.19. The van der Waals surface area contributed by atoms with Gasteiger partial charge in [-0.25, -0.2) is 0 Å². The first-order valence-electron chi connectivity index (χ1n) is 14.7. The molecular formula is C32H42N2O8. The molecule has 6 atom stereocenters. The summed E-state index contributed by atoms with van der Waals surface area (Å²) >= 11 is 0. The summed E-state index contributed by atoms with van der Waals surface area (Å²) in [5.74, 6) is -8.40. The van der Waals surface area contributed by atoms with Gasteiger partial charge in [0.05, 0.1) is 11.6 Å². The number of aliphatic hydroxyl groups is 3. The lowest BCUT2D eigenvalue weighted by Gasteiger charge is -2.56. The van der Waals surface area contributed by atoms with Crippen LogP contribution in [0.25, 0.3) is 5.76 Å². The molecule has 10 heteroatoms. The minimum Gasteiger partial charge on any atom is -0.508 e. The molecule has 0 bridgehead atoms. The predicted octanol–water partition coefficient (Wildman–Crippen LogP) is 3.32. The molecule has 10 nitrogen and oxygen atoms in total. The number of nitrogens with two attached hydrogens (primary N) is 1. The highest BCUT2D eigenvalue weighted by molar-refractivity contribution is 6.24. The Labute approximate surface area is 245 Å². The fourth-order valence-electron chi connectivity index (χ4n) is 7.53. The third kappa shape index (κ3) is 4.84. The second-order valence-electron chi connectivity index (χ2n) is 12.6. The Morgan fingerprint density at radius 2 is 1.76 bits per heavy atom. The number of aliphatic hydroxyl groups excluding tert-OH is 2. The number of unbranched alkanes of at least 4 members (excludes halogenated alkanes) is 1. The molecule has 4 rings (SSSR count). The Hall–Kier alpha value is -3.50. The number of nitrogens with zero attached hydrogens (tertiary/aromatic N) is 1. The van der Waals surface area contributed by atoms with Gasteiger partial charge in [-0.2, -0.15) is 0 Å². The van der Waals surface area contributed by atoms with Gasteiger partial charge in [0.15, 0.2) is 11.4 Å². The highest BCUT2D eigenvalue weighted by Gasteiger charge is 2.68. The molecule has 0 radical (unpaired) electrons. The predicted molar refractivity (Wildman–Crippen MR) is 155 cm³/mol. The third-order valence-corrected chi connectivity index (χ3v) is 9.39. The van der Waals surface area contributed by atoms with Gasteiger partial charge >= 0.3 is 0 Å². The van der Waals surface area contributed by atoms with E-state index in [-0.39, 0.29) is 35.5 Å². The summed E-state index contributed by atoms with van der Waals surface area (Å²) in [7, 11) is 3.10. The first-order chi connectivity index (χ1) is 19.7. The normalized spacial score (nSPS) is 29.1. The number of fused-ring (bicyclic) bond motifs is 3. The molecule has 0 saturated heterocycles. The summed E-state index contributed by atoms with van der Waals surface area (Å²) in [4.78, 5) is 55.1. The summed E-state index contributed by atoms with van der Waals surface area (Å²) in [6.45, 7) is 5.94. The zero-order valence-electron chi connectivity index (χ0n) is 24.9. The molecule has 1 saturated carbocycles. The minimum absolute atomic E-state index is 0.0585. The van der Waals surface area contributed by atoms with E-state index in [1.165, 1.54) is 11.0 Å². The van der Waals surface area contributed by atoms with Crippen LogP contribution >= 0.6 is 0 Å². The van der Waals surface area contributed by atoms with Crippen LogP contribution in [0.1, 0.15) is 76.3 Å². The number of likely N-dealkylation sites (N-methyl/N-ethyl adjacent to an activating group) is 1. The molecule has 3 aliphatic carbocycles. The van der Waals surface area contributed by atoms with Crippen LogP contribution in [0.4, 0.5) is 0 Å². The van der Waals surface area contributed by atoms with Gasteiger partial charge in [-0.1, -0.05) is 52.2 Å². The number of hydrogen-bond acceptors (Lipinski definition) is 9. The maximum Gasteiger partial charge on any atom is 0.255 e. The standard InChI is InChI=1S/C32H42N2O8/c1-6-16(35)14-19-21-17(11-8-7-10-15(2)3)18-12-9-13-20(36)22(18)27(37)23(21)29(39)32(42)25(19)26(34(4)5)28(38)24(30(32)40)31(33)41/h9,12-13,15,17,19,21,25-26,36-37,40,42H,6-8,10-11,14H2,1-5H3,(H2,33,41)/t17-,19-,21-,25-,26?,32-/m0/s1. The van der Waals surface area contributed by atoms with Crippen LogP contribution in [0.15, 0.2) is 35.1 Å². The Kier molecular flexibility index (Phi) is 8.72. The van der Waals surface area contributed by atoms with Gasteiger partial charge in [-0.3, -0.25) is 24.1 Å². The van der Waals surface area contributed by atoms with Crippen molar-refractivity contribution in [3.05, 3.63) is 46.2 Å². The number of rotatable bonds is 10. The molecule has 1 aromatic carbocycles. The van der Waals surface area contributed by atoms with E-state index in [2.05, 4.69) is 13.8 Å². The van der Waals surface area contributed by atoms with Gasteiger partial charge in [-0.15, -0.1) is 0 Å². The summed E-state index contributed by atoms with van der Waals surface area (Å²) in [6, 6.07) is 3.54. The fraction of sp³-hybridized carbons (Fsp3) is 0.562. The van der Waals surface area contributed by atoms with Gasteiger partial charge < -0.3 is 26.2 Å². The number of hydrogen-bond donors (Lipinski definition) is 5. The van der Waals surface area contributed by atoms with Gasteiger partial charge in [0.25, 0.3) is 5.91 Å². The molecular weight excluding hydrogens is 540 g/mol. The molecule has 1 amide bonds. The van der Waals surface area contributed by atoms with Crippen molar-refractivity contribution in [1.82, 2.24) is 4.90 Å². The summed E-state index contributed by atoms with van der Waals surface area (Å²) in [6.07, 6.45) is 3.18. The largest absolute Gasteiger partial charge is 0.508 e. The molecule has 0 aliphatic heterocycles. The first-order valence-corrected chi connectivity index (χ1v) is 14.7. The molecule has 1 unspecified atom stereocenters. The highest BCUT2D eigenvalue weighted by atomic mass is 16.3. The second-order valence-corrected chi connectivity index (χ2v) is 12.6. The minimum atomic E-state index is -2.82. The Morgan fingerprint density at radius 3 is 2.33 bits per heavy atom. The number of benzene rings is 1. The second kappa shape index (κ2) is 11.6. The lowest BCUT2D eigenvalue weighted by atomic mass is 9.49. The van der Waals surface area contributed by atoms with Crippen LogP contribution in [0.2, 0.25) is 0 Å². The zero-order valence-corrected chi connectivity index (χ0v) is 24.9. The van der Waals surface area contributed by atoms with Crippen molar-refractivity contribution in [3.63, 3.8) is 0 Å². The summed E-state index contributed by atoms with van der Waals surface area (Å²) in [5, 5.41) is 45.9. The number of Topliss-reactive ketones (excluding diaryl/α,β-unsaturated/α-hetero) is 3. The monoisotopic (exact) mass is 582 g/mol. The van der Waals surface area contributed by atoms with Crippen LogP contribution in [0.5, 0.6) is 5.75 Å². The van der Waals surface area contributed by atoms with Crippen LogP contribution in [0, 0.1) is 23.7 Å². The average Bonchev–Trinajstić information content (AvgIpc) is 2.90. The number of phenolic OH excluding ortho intramolecular Hbond substituents is 1. The smallest absolute Gasteiger partial charge is 0.255 e. The number of primary amides is 1. The van der Waals surface area contributed by atoms with Crippen molar-refractivity contribution in [1.29, 1.82) is 0 Å². The lowest BCUT2D eigenvalue weighted by molar-refractivity contribution is -0.163. The topological polar surface area (TPSA) is 178 Å². The van der Waals surface area contributed by atoms with Crippen LogP contribution in [-0.2, 0) is 19.2 Å². The Morgan fingerprint density at radius 1 is 1.10 bits per heavy atom. The number of carbonyl (C=O) groups is 4. The van der Waals surface area contributed by atoms with E-state index >= 15 is 0 Å². The van der Waals surface area contributed by atoms with E-state index in [0.29, 0.717) is 17.9 Å². The zero-order chi connectivity index (χ0) is 31.3. The number of amides is 1. The van der Waals surface area contributed by atoms with E-state index < -0.39 is 69.9 Å². The van der Waals surface area contributed by atoms with Crippen molar-refractivity contribution < 1.29 is 39.6 Å². The molecule has 0 aromatic heterocycles. The number of aromatic hydroxyl groups is 1. The highest BCUT2D eigenvalue weighted by Crippen LogP contribution is 2.60. The molecule has 42 heavy (non-hydrogen) atoms. The molecule has 1 fully saturated rings. The van der Waals surface area contributed by atoms with Crippen LogP contribution in [-0.4, -0.2) is 74.3 Å². The van der Waals surface area contributed by atoms with Crippen molar-refractivity contribution >= 4 is 29.0 Å². The maximum atomic E-state index is 14.5. The van der Waals surface area contributed by atoms with E-state index in [4.69, 9.17) is 5.73 Å².